The molecule has 1 aromatic rings. The lowest BCUT2D eigenvalue weighted by atomic mass is 10.7. The number of hydrogen-bond donors (Lipinski definition) is 0. The van der Waals surface area contributed by atoms with Crippen LogP contribution >= 0.6 is 11.8 Å². The molecule has 42 valence electrons. The van der Waals surface area contributed by atoms with Crippen LogP contribution in [0.1, 0.15) is 0 Å². The van der Waals surface area contributed by atoms with Crippen LogP contribution < -0.4 is 0 Å². The van der Waals surface area contributed by atoms with Crippen molar-refractivity contribution in [2.24, 2.45) is 0 Å². The molecule has 8 heavy (non-hydrogen) atoms. The predicted octanol–water partition coefficient (Wildman–Crippen LogP) is 1.59. The summed E-state index contributed by atoms with van der Waals surface area (Å²) >= 11 is 1.94. The van der Waals surface area contributed by atoms with E-state index in [9.17, 15) is 0 Å². The van der Waals surface area contributed by atoms with Gasteiger partial charge in [-0.05, 0) is 12.1 Å². The number of aromatic nitrogens is 1. The topological polar surface area (TPSA) is 4.93 Å². The van der Waals surface area contributed by atoms with E-state index in [-0.39, 0.29) is 0 Å². The number of aryl methyl sites for hydroxylation is 1. The van der Waals surface area contributed by atoms with Crippen molar-refractivity contribution < 1.29 is 0 Å². The molecule has 0 radical (unpaired) electrons. The van der Waals surface area contributed by atoms with Crippen molar-refractivity contribution in [1.82, 2.24) is 4.57 Å². The van der Waals surface area contributed by atoms with Gasteiger partial charge in [-0.3, -0.25) is 0 Å². The van der Waals surface area contributed by atoms with E-state index >= 15 is 0 Å². The maximum absolute atomic E-state index is 2.28. The molecule has 2 rings (SSSR count). The van der Waals surface area contributed by atoms with Gasteiger partial charge in [0, 0.05) is 18.5 Å². The Morgan fingerprint density at radius 3 is 3.50 bits per heavy atom. The van der Waals surface area contributed by atoms with Crippen molar-refractivity contribution in [2.45, 2.75) is 11.6 Å². The third kappa shape index (κ3) is 0.494. The largest absolute Gasteiger partial charge is 0.342 e. The Hall–Kier alpha value is -0.370. The Morgan fingerprint density at radius 1 is 1.62 bits per heavy atom. The van der Waals surface area contributed by atoms with E-state index in [2.05, 4.69) is 22.9 Å². The molecule has 0 atom stereocenters. The van der Waals surface area contributed by atoms with Gasteiger partial charge in [0.1, 0.15) is 0 Å². The minimum absolute atomic E-state index is 1.20. The lowest BCUT2D eigenvalue weighted by Crippen LogP contribution is -1.87. The molecule has 1 nitrogen and oxygen atoms in total. The summed E-state index contributed by atoms with van der Waals surface area (Å²) in [6.07, 6.45) is 2.13. The fraction of sp³-hybridized carbons (Fsp3) is 0.333. The number of nitrogens with zero attached hydrogens (tertiary/aromatic N) is 1. The number of rotatable bonds is 0. The molecule has 0 amide bonds. The quantitative estimate of drug-likeness (QED) is 0.509. The van der Waals surface area contributed by atoms with E-state index in [1.165, 1.54) is 17.3 Å². The van der Waals surface area contributed by atoms with Gasteiger partial charge in [-0.25, -0.2) is 0 Å². The first kappa shape index (κ1) is 4.50. The fourth-order valence-electron chi connectivity index (χ4n) is 0.963. The Bertz CT molecular complexity index is 174. The van der Waals surface area contributed by atoms with Crippen LogP contribution in [0, 0.1) is 0 Å². The van der Waals surface area contributed by atoms with Crippen LogP contribution in [0.25, 0.3) is 0 Å². The summed E-state index contributed by atoms with van der Waals surface area (Å²) in [5.41, 5.74) is 0. The summed E-state index contributed by atoms with van der Waals surface area (Å²) in [5.74, 6) is 1.26. The number of hydrogen-bond acceptors (Lipinski definition) is 1. The number of thioether (sulfide) groups is 1. The third-order valence-electron chi connectivity index (χ3n) is 1.37. The minimum Gasteiger partial charge on any atom is -0.342 e. The van der Waals surface area contributed by atoms with Gasteiger partial charge < -0.3 is 4.57 Å². The van der Waals surface area contributed by atoms with Crippen molar-refractivity contribution >= 4 is 11.8 Å². The van der Waals surface area contributed by atoms with Crippen molar-refractivity contribution in [1.29, 1.82) is 0 Å². The maximum atomic E-state index is 2.28. The molecule has 0 aromatic carbocycles. The van der Waals surface area contributed by atoms with E-state index in [0.29, 0.717) is 0 Å². The average Bonchev–Trinajstić information content (AvgIpc) is 2.15. The third-order valence-corrected chi connectivity index (χ3v) is 2.42. The predicted molar refractivity (Wildman–Crippen MR) is 35.2 cm³/mol. The minimum atomic E-state index is 1.20. The second kappa shape index (κ2) is 1.55. The molecule has 0 fully saturated rings. The smallest absolute Gasteiger partial charge is 0.0748 e. The highest BCUT2D eigenvalue weighted by atomic mass is 32.2. The summed E-state index contributed by atoms with van der Waals surface area (Å²) in [6, 6.07) is 4.26. The SMILES string of the molecule is c1cc2n(c1)CCS2. The summed E-state index contributed by atoms with van der Waals surface area (Å²) in [5, 5.41) is 1.42. The van der Waals surface area contributed by atoms with Crippen LogP contribution in [-0.2, 0) is 6.54 Å². The van der Waals surface area contributed by atoms with E-state index in [1.807, 2.05) is 11.8 Å². The van der Waals surface area contributed by atoms with Gasteiger partial charge in [0.25, 0.3) is 0 Å². The van der Waals surface area contributed by atoms with Gasteiger partial charge in [0.2, 0.25) is 0 Å². The molecule has 0 saturated carbocycles. The molecule has 0 bridgehead atoms. The van der Waals surface area contributed by atoms with Crippen LogP contribution in [-0.4, -0.2) is 10.3 Å². The molecular weight excluding hydrogens is 118 g/mol. The lowest BCUT2D eigenvalue weighted by Gasteiger charge is -1.88. The normalized spacial score (nSPS) is 16.5. The monoisotopic (exact) mass is 125 g/mol. The molecular formula is C6H7NS. The van der Waals surface area contributed by atoms with Crippen LogP contribution in [0.3, 0.4) is 0 Å². The summed E-state index contributed by atoms with van der Waals surface area (Å²) < 4.78 is 2.28. The van der Waals surface area contributed by atoms with Crippen molar-refractivity contribution in [3.05, 3.63) is 18.3 Å². The summed E-state index contributed by atoms with van der Waals surface area (Å²) in [7, 11) is 0. The first-order valence-corrected chi connectivity index (χ1v) is 3.73. The van der Waals surface area contributed by atoms with Gasteiger partial charge in [-0.1, -0.05) is 0 Å². The highest BCUT2D eigenvalue weighted by Crippen LogP contribution is 2.24. The molecule has 0 N–H and O–H groups in total. The average molecular weight is 125 g/mol. The van der Waals surface area contributed by atoms with E-state index < -0.39 is 0 Å². The second-order valence-corrected chi connectivity index (χ2v) is 3.00. The van der Waals surface area contributed by atoms with Crippen LogP contribution in [0.2, 0.25) is 0 Å². The summed E-state index contributed by atoms with van der Waals surface area (Å²) in [6.45, 7) is 1.20. The Balaban J connectivity index is 2.54. The van der Waals surface area contributed by atoms with Crippen molar-refractivity contribution in [3.8, 4) is 0 Å². The summed E-state index contributed by atoms with van der Waals surface area (Å²) in [4.78, 5) is 0. The zero-order valence-corrected chi connectivity index (χ0v) is 5.32. The first-order chi connectivity index (χ1) is 3.97. The molecule has 2 heterocycles. The fourth-order valence-corrected chi connectivity index (χ4v) is 1.95. The van der Waals surface area contributed by atoms with Gasteiger partial charge >= 0.3 is 0 Å². The van der Waals surface area contributed by atoms with Gasteiger partial charge in [0.15, 0.2) is 0 Å². The molecule has 0 spiro atoms. The standard InChI is InChI=1S/C6H7NS/c1-2-6-7(3-1)4-5-8-6/h1-3H,4-5H2. The van der Waals surface area contributed by atoms with Crippen LogP contribution in [0.15, 0.2) is 23.4 Å². The lowest BCUT2D eigenvalue weighted by molar-refractivity contribution is 0.741. The van der Waals surface area contributed by atoms with E-state index in [1.54, 1.807) is 0 Å². The zero-order chi connectivity index (χ0) is 5.40. The molecule has 0 saturated heterocycles. The maximum Gasteiger partial charge on any atom is 0.0748 e. The van der Waals surface area contributed by atoms with E-state index in [0.717, 1.165) is 0 Å². The van der Waals surface area contributed by atoms with Gasteiger partial charge in [-0.15, -0.1) is 11.8 Å². The Labute approximate surface area is 52.7 Å². The second-order valence-electron chi connectivity index (χ2n) is 1.89. The zero-order valence-electron chi connectivity index (χ0n) is 4.50. The highest BCUT2D eigenvalue weighted by molar-refractivity contribution is 7.99. The van der Waals surface area contributed by atoms with Crippen molar-refractivity contribution in [2.75, 3.05) is 5.75 Å². The Kier molecular flexibility index (Phi) is 0.875. The van der Waals surface area contributed by atoms with Gasteiger partial charge in [-0.2, -0.15) is 0 Å². The molecule has 0 aliphatic carbocycles. The highest BCUT2D eigenvalue weighted by Gasteiger charge is 2.06. The molecule has 2 heteroatoms. The Morgan fingerprint density at radius 2 is 2.62 bits per heavy atom. The molecule has 0 unspecified atom stereocenters. The molecule has 1 aromatic heterocycles. The molecule has 1 aliphatic rings. The molecule has 1 aliphatic heterocycles. The van der Waals surface area contributed by atoms with Crippen LogP contribution in [0.5, 0.6) is 0 Å². The number of fused-ring (bicyclic) bond motifs is 1. The van der Waals surface area contributed by atoms with Crippen molar-refractivity contribution in [3.63, 3.8) is 0 Å². The first-order valence-electron chi connectivity index (χ1n) is 2.75. The van der Waals surface area contributed by atoms with Crippen LogP contribution in [0.4, 0.5) is 0 Å². The van der Waals surface area contributed by atoms with Gasteiger partial charge in [0.05, 0.1) is 5.03 Å². The van der Waals surface area contributed by atoms with E-state index in [4.69, 9.17) is 0 Å².